The standard InChI is InChI=1S/C31H36N2.C30H32N2O2.C30H36N2.C20H16N2.C5H9ClO.BF3.FH/c1-30(2,3)19-32-21-33(20-31(4,5)6)27-18-16-23-12-8-10-14-25(23)29(27)28-24-13-9-7-11-22(24)15-17-26(28)32;1-29(2,3)27(33)31-23-17-15-19-11-7-9-13-21(19)25(23)26-22-14-10-8-12-20(22)16-18-24(26)32-28(34)30(4,5)6;1-29(2,3)19-31-25-17-15-21-11-7-9-13-23(21)27(25)28-24-14-10-8-12-22(24)16-18-26(28)32-20-30(4,5)6;21-17-11-9-13-5-1-3-7-15(13)19(17)20-16-8-4-2-6-14(16)10-12-18(20)22;1-5(2,3)4(6)7;2-1(3)4;/h7-18H,19-21H2,1-6H3;7-18H,1-6H3,(H,31,33)(H,32,34);7-18,31-32H,19-20H2,1-6H3;1-12H,21-22H2;1-3H3;;1H/p-1. The summed E-state index contributed by atoms with van der Waals surface area (Å²) in [5.41, 5.74) is 29.1. The summed E-state index contributed by atoms with van der Waals surface area (Å²) >= 11 is 5.11. The van der Waals surface area contributed by atoms with Gasteiger partial charge >= 0.3 is 7.54 Å². The number of benzene rings is 16. The van der Waals surface area contributed by atoms with Gasteiger partial charge in [0.15, 0.2) is 0 Å². The predicted molar refractivity (Wildman–Crippen MR) is 566 cm³/mol. The Kier molecular flexibility index (Phi) is 31.4. The molecule has 0 atom stereocenters. The van der Waals surface area contributed by atoms with E-state index in [1.54, 1.807) is 20.8 Å². The molecule has 17 heteroatoms. The zero-order chi connectivity index (χ0) is 95.7. The molecule has 0 unspecified atom stereocenters. The normalized spacial score (nSPS) is 12.2. The van der Waals surface area contributed by atoms with Gasteiger partial charge in [0.25, 0.3) is 0 Å². The monoisotopic (exact) mass is 1800 g/mol. The number of anilines is 8. The van der Waals surface area contributed by atoms with Crippen molar-refractivity contribution in [3.05, 3.63) is 291 Å². The first-order valence-corrected chi connectivity index (χ1v) is 45.9. The fourth-order valence-corrected chi connectivity index (χ4v) is 16.5. The molecule has 690 valence electrons. The molecular weight excluding hydrogens is 1680 g/mol. The SMILES string of the molecule is CC(C)(C)C(=O)Cl.CC(C)(C)C(=O)Nc1ccc2ccccc2c1-c1c(NC(=O)C(C)(C)C)ccc2ccccc12.CC(C)(C)CN1CN(CC(C)(C)C)c2ccc3ccccc3c2-c2c1ccc1ccccc21.CC(C)(C)CNc1ccc2ccccc2c1-c1c(NCC(C)(C)C)ccc2ccccc12.FB(F)F.Nc1ccc2ccccc2c1-c1c(N)ccc2ccccc12.[F-]. The third-order valence-corrected chi connectivity index (χ3v) is 23.4. The van der Waals surface area contributed by atoms with Crippen molar-refractivity contribution in [3.8, 4) is 44.5 Å². The molecular formula is C116H129BClF4N8O3-. The molecule has 2 amide bonds. The van der Waals surface area contributed by atoms with Crippen LogP contribution in [0.1, 0.15) is 145 Å². The second-order valence-electron chi connectivity index (χ2n) is 42.4. The molecule has 0 fully saturated rings. The molecule has 1 heterocycles. The van der Waals surface area contributed by atoms with E-state index in [2.05, 4.69) is 320 Å². The molecule has 1 aliphatic rings. The fraction of sp³-hybridized carbons (Fsp3) is 0.284. The molecule has 1 aliphatic heterocycles. The summed E-state index contributed by atoms with van der Waals surface area (Å²) in [5, 5.41) is 32.7. The number of nitrogens with zero attached hydrogens (tertiary/aromatic N) is 2. The van der Waals surface area contributed by atoms with Crippen LogP contribution in [0.3, 0.4) is 0 Å². The number of hydrogen-bond acceptors (Lipinski definition) is 9. The van der Waals surface area contributed by atoms with E-state index in [1.807, 2.05) is 126 Å². The van der Waals surface area contributed by atoms with E-state index in [4.69, 9.17) is 23.1 Å². The molecule has 0 aromatic heterocycles. The first kappa shape index (κ1) is 101. The van der Waals surface area contributed by atoms with Crippen molar-refractivity contribution in [3.63, 3.8) is 0 Å². The second-order valence-corrected chi connectivity index (χ2v) is 42.7. The van der Waals surface area contributed by atoms with Crippen LogP contribution in [0.25, 0.3) is 131 Å². The van der Waals surface area contributed by atoms with Crippen LogP contribution >= 0.6 is 11.6 Å². The van der Waals surface area contributed by atoms with Gasteiger partial charge in [0, 0.05) is 132 Å². The number of halogens is 5. The highest BCUT2D eigenvalue weighted by Crippen LogP contribution is 2.52. The molecule has 133 heavy (non-hydrogen) atoms. The van der Waals surface area contributed by atoms with Crippen LogP contribution in [0.5, 0.6) is 0 Å². The summed E-state index contributed by atoms with van der Waals surface area (Å²) in [4.78, 5) is 41.5. The predicted octanol–water partition coefficient (Wildman–Crippen LogP) is 29.0. The molecule has 0 radical (unpaired) electrons. The average Bonchev–Trinajstić information content (AvgIpc) is 1.55. The second kappa shape index (κ2) is 41.5. The summed E-state index contributed by atoms with van der Waals surface area (Å²) in [6, 6.07) is 102. The topological polar surface area (TPSA) is 158 Å². The lowest BCUT2D eigenvalue weighted by atomic mass is 9.89. The smallest absolute Gasteiger partial charge is 0.762 e. The largest absolute Gasteiger partial charge is 1.00 e. The third-order valence-electron chi connectivity index (χ3n) is 22.9. The van der Waals surface area contributed by atoms with E-state index in [0.29, 0.717) is 0 Å². The maximum atomic E-state index is 13.0. The summed E-state index contributed by atoms with van der Waals surface area (Å²) < 4.78 is 29.0. The fourth-order valence-electron chi connectivity index (χ4n) is 16.5. The summed E-state index contributed by atoms with van der Waals surface area (Å²) in [7, 11) is -3.67. The highest BCUT2D eigenvalue weighted by molar-refractivity contribution is 6.64. The number of carbonyl (C=O) groups excluding carboxylic acids is 3. The zero-order valence-corrected chi connectivity index (χ0v) is 81.7. The highest BCUT2D eigenvalue weighted by Gasteiger charge is 2.34. The lowest BCUT2D eigenvalue weighted by Crippen LogP contribution is -3.00. The Bertz CT molecular complexity index is 6490. The number of hydrogen-bond donors (Lipinski definition) is 6. The maximum absolute atomic E-state index is 13.0. The third kappa shape index (κ3) is 25.1. The molecule has 17 rings (SSSR count). The number of amides is 2. The van der Waals surface area contributed by atoms with Crippen LogP contribution in [-0.2, 0) is 14.4 Å². The van der Waals surface area contributed by atoms with Crippen LogP contribution in [0.15, 0.2) is 291 Å². The van der Waals surface area contributed by atoms with E-state index < -0.39 is 18.4 Å². The van der Waals surface area contributed by atoms with Crippen LogP contribution in [0, 0.1) is 37.9 Å². The van der Waals surface area contributed by atoms with Crippen LogP contribution < -0.4 is 47.2 Å². The van der Waals surface area contributed by atoms with E-state index >= 15 is 0 Å². The lowest BCUT2D eigenvalue weighted by molar-refractivity contribution is -0.123. The van der Waals surface area contributed by atoms with E-state index in [-0.39, 0.29) is 48.8 Å². The number of rotatable bonds is 11. The van der Waals surface area contributed by atoms with Crippen molar-refractivity contribution in [1.82, 2.24) is 0 Å². The van der Waals surface area contributed by atoms with Gasteiger partial charge in [-0.3, -0.25) is 27.3 Å². The minimum atomic E-state index is -3.67. The maximum Gasteiger partial charge on any atom is 0.762 e. The quantitative estimate of drug-likeness (QED) is 0.0321. The number of carbonyl (C=O) groups is 3. The van der Waals surface area contributed by atoms with Crippen molar-refractivity contribution in [1.29, 1.82) is 0 Å². The van der Waals surface area contributed by atoms with Gasteiger partial charge in [0.1, 0.15) is 0 Å². The summed E-state index contributed by atoms with van der Waals surface area (Å²) in [6.07, 6.45) is 0. The number of fused-ring (bicyclic) bond motifs is 13. The van der Waals surface area contributed by atoms with Crippen molar-refractivity contribution in [2.75, 3.05) is 75.4 Å². The molecule has 0 saturated heterocycles. The average molecular weight is 1810 g/mol. The van der Waals surface area contributed by atoms with Gasteiger partial charge in [-0.15, -0.1) is 0 Å². The zero-order valence-electron chi connectivity index (χ0n) is 81.0. The number of nitrogens with two attached hydrogens (primary N) is 2. The molecule has 0 spiro atoms. The molecule has 8 N–H and O–H groups in total. The molecule has 0 aliphatic carbocycles. The lowest BCUT2D eigenvalue weighted by Gasteiger charge is -2.38. The Balaban J connectivity index is 0.000000165. The first-order chi connectivity index (χ1) is 62.1. The first-order valence-electron chi connectivity index (χ1n) is 45.5. The Hall–Kier alpha value is -12.9. The van der Waals surface area contributed by atoms with E-state index in [9.17, 15) is 27.3 Å². The van der Waals surface area contributed by atoms with Gasteiger partial charge < -0.3 is 47.2 Å². The molecule has 16 aromatic carbocycles. The van der Waals surface area contributed by atoms with Gasteiger partial charge in [-0.25, -0.2) is 0 Å². The van der Waals surface area contributed by atoms with Gasteiger partial charge in [0.2, 0.25) is 17.1 Å². The van der Waals surface area contributed by atoms with Crippen LogP contribution in [0.2, 0.25) is 0 Å². The van der Waals surface area contributed by atoms with Crippen LogP contribution in [-0.4, -0.2) is 57.4 Å². The molecule has 0 bridgehead atoms. The molecule has 16 aromatic rings. The Morgan fingerprint density at radius 2 is 0.496 bits per heavy atom. The number of nitrogen functional groups attached to an aromatic ring is 2. The minimum absolute atomic E-state index is 0. The van der Waals surface area contributed by atoms with Crippen molar-refractivity contribution >= 4 is 168 Å². The van der Waals surface area contributed by atoms with E-state index in [0.717, 1.165) is 110 Å². The van der Waals surface area contributed by atoms with Crippen molar-refractivity contribution in [2.24, 2.45) is 37.9 Å². The van der Waals surface area contributed by atoms with Gasteiger partial charge in [-0.05, 0) is 168 Å². The Labute approximate surface area is 789 Å². The van der Waals surface area contributed by atoms with Crippen molar-refractivity contribution in [2.45, 2.75) is 145 Å². The van der Waals surface area contributed by atoms with E-state index in [1.165, 1.54) is 98.9 Å². The summed E-state index contributed by atoms with van der Waals surface area (Å²) in [5.74, 6) is -0.130. The van der Waals surface area contributed by atoms with Gasteiger partial charge in [0.05, 0.1) is 6.67 Å². The van der Waals surface area contributed by atoms with Gasteiger partial charge in [-0.1, -0.05) is 388 Å². The Morgan fingerprint density at radius 1 is 0.293 bits per heavy atom. The molecule has 0 saturated carbocycles. The van der Waals surface area contributed by atoms with Crippen molar-refractivity contribution < 1.29 is 32.0 Å². The minimum Gasteiger partial charge on any atom is -1.00 e. The summed E-state index contributed by atoms with van der Waals surface area (Å²) in [6.45, 7) is 49.1. The molecule has 11 nitrogen and oxygen atoms in total. The van der Waals surface area contributed by atoms with Crippen LogP contribution in [0.4, 0.5) is 58.4 Å². The van der Waals surface area contributed by atoms with Gasteiger partial charge in [-0.2, -0.15) is 0 Å². The number of nitrogens with one attached hydrogen (secondary N) is 4. The Morgan fingerprint density at radius 3 is 0.722 bits per heavy atom. The highest BCUT2D eigenvalue weighted by atomic mass is 35.5.